The van der Waals surface area contributed by atoms with Gasteiger partial charge in [-0.05, 0) is 109 Å². The van der Waals surface area contributed by atoms with Crippen LogP contribution in [0.1, 0.15) is 147 Å². The maximum atomic E-state index is 12.2. The Morgan fingerprint density at radius 1 is 0.556 bits per heavy atom. The van der Waals surface area contributed by atoms with Crippen LogP contribution in [0, 0.1) is 28.6 Å². The SMILES string of the molecule is CC(C)(C)OC(=O)C(CCCCCC#N)C(=O)OC(C)(C)C.CC(C)(C)OC(=O)CC(=O)OC(C)(C)C.N#CCCCCCBr. The molecule has 0 saturated carbocycles. The topological polar surface area (TPSA) is 153 Å². The molecule has 11 heteroatoms. The van der Waals surface area contributed by atoms with Crippen molar-refractivity contribution in [2.24, 2.45) is 5.92 Å². The number of ether oxygens (including phenoxy) is 4. The van der Waals surface area contributed by atoms with Gasteiger partial charge in [-0.25, -0.2) is 0 Å². The summed E-state index contributed by atoms with van der Waals surface area (Å²) in [5.41, 5.74) is -2.42. The highest BCUT2D eigenvalue weighted by molar-refractivity contribution is 9.09. The van der Waals surface area contributed by atoms with Crippen molar-refractivity contribution in [2.75, 3.05) is 5.33 Å². The highest BCUT2D eigenvalue weighted by Crippen LogP contribution is 2.21. The number of hydrogen-bond acceptors (Lipinski definition) is 10. The second kappa shape index (κ2) is 23.6. The quantitative estimate of drug-likeness (QED) is 0.0602. The molecule has 0 saturated heterocycles. The molecule has 260 valence electrons. The number of rotatable bonds is 13. The summed E-state index contributed by atoms with van der Waals surface area (Å²) in [7, 11) is 0. The van der Waals surface area contributed by atoms with Gasteiger partial charge in [-0.2, -0.15) is 10.5 Å². The van der Waals surface area contributed by atoms with E-state index in [2.05, 4.69) is 28.1 Å². The number of alkyl halides is 1. The van der Waals surface area contributed by atoms with Gasteiger partial charge in [0, 0.05) is 18.2 Å². The van der Waals surface area contributed by atoms with Crippen LogP contribution < -0.4 is 0 Å². The molecular formula is C34H59BrN2O8. The molecule has 0 aromatic heterocycles. The molecule has 0 radical (unpaired) electrons. The number of unbranched alkanes of at least 4 members (excludes halogenated alkanes) is 6. The van der Waals surface area contributed by atoms with Gasteiger partial charge in [-0.1, -0.05) is 35.2 Å². The maximum absolute atomic E-state index is 12.2. The van der Waals surface area contributed by atoms with Crippen LogP contribution in [0.4, 0.5) is 0 Å². The molecular weight excluding hydrogens is 644 g/mol. The average molecular weight is 704 g/mol. The van der Waals surface area contributed by atoms with Crippen molar-refractivity contribution in [3.63, 3.8) is 0 Å². The summed E-state index contributed by atoms with van der Waals surface area (Å²) in [5, 5.41) is 17.7. The zero-order chi connectivity index (χ0) is 35.9. The van der Waals surface area contributed by atoms with E-state index in [9.17, 15) is 19.2 Å². The van der Waals surface area contributed by atoms with Crippen LogP contribution in [0.15, 0.2) is 0 Å². The predicted molar refractivity (Wildman–Crippen MR) is 178 cm³/mol. The van der Waals surface area contributed by atoms with E-state index in [0.717, 1.165) is 24.6 Å². The van der Waals surface area contributed by atoms with Crippen molar-refractivity contribution < 1.29 is 38.1 Å². The van der Waals surface area contributed by atoms with Gasteiger partial charge < -0.3 is 18.9 Å². The van der Waals surface area contributed by atoms with Gasteiger partial charge in [-0.15, -0.1) is 0 Å². The number of halogens is 1. The van der Waals surface area contributed by atoms with Gasteiger partial charge in [0.15, 0.2) is 5.92 Å². The summed E-state index contributed by atoms with van der Waals surface area (Å²) in [6.45, 7) is 21.1. The predicted octanol–water partition coefficient (Wildman–Crippen LogP) is 8.29. The number of nitriles is 2. The van der Waals surface area contributed by atoms with Crippen LogP contribution in [0.3, 0.4) is 0 Å². The first-order valence-electron chi connectivity index (χ1n) is 15.6. The molecule has 0 bridgehead atoms. The van der Waals surface area contributed by atoms with Crippen LogP contribution in [0.5, 0.6) is 0 Å². The van der Waals surface area contributed by atoms with Crippen LogP contribution >= 0.6 is 15.9 Å². The van der Waals surface area contributed by atoms with E-state index in [1.54, 1.807) is 83.1 Å². The molecule has 10 nitrogen and oxygen atoms in total. The number of esters is 4. The molecule has 0 N–H and O–H groups in total. The Hall–Kier alpha value is -2.66. The molecule has 0 aromatic rings. The molecule has 0 atom stereocenters. The van der Waals surface area contributed by atoms with Crippen molar-refractivity contribution in [3.05, 3.63) is 0 Å². The Kier molecular flexibility index (Phi) is 24.6. The minimum Gasteiger partial charge on any atom is -0.460 e. The van der Waals surface area contributed by atoms with Crippen molar-refractivity contribution in [1.29, 1.82) is 10.5 Å². The minimum absolute atomic E-state index is 0.339. The molecule has 0 aliphatic rings. The van der Waals surface area contributed by atoms with Crippen LogP contribution in [0.25, 0.3) is 0 Å². The normalized spacial score (nSPS) is 11.4. The summed E-state index contributed by atoms with van der Waals surface area (Å²) in [4.78, 5) is 46.9. The lowest BCUT2D eigenvalue weighted by atomic mass is 10.00. The smallest absolute Gasteiger partial charge is 0.320 e. The Bertz CT molecular complexity index is 902. The fourth-order valence-corrected chi connectivity index (χ4v) is 3.55. The molecule has 0 unspecified atom stereocenters. The largest absolute Gasteiger partial charge is 0.460 e. The molecule has 0 rings (SSSR count). The summed E-state index contributed by atoms with van der Waals surface area (Å²) in [6.07, 6.45) is 6.94. The number of carbonyl (C=O) groups is 4. The lowest BCUT2D eigenvalue weighted by molar-refractivity contribution is -0.175. The van der Waals surface area contributed by atoms with E-state index in [-0.39, 0.29) is 6.42 Å². The van der Waals surface area contributed by atoms with Crippen LogP contribution in [-0.4, -0.2) is 51.6 Å². The van der Waals surface area contributed by atoms with E-state index in [0.29, 0.717) is 25.7 Å². The van der Waals surface area contributed by atoms with Gasteiger partial charge in [0.2, 0.25) is 0 Å². The number of hydrogen-bond donors (Lipinski definition) is 0. The van der Waals surface area contributed by atoms with Crippen molar-refractivity contribution in [2.45, 2.75) is 170 Å². The van der Waals surface area contributed by atoms with Gasteiger partial charge in [0.1, 0.15) is 28.8 Å². The highest BCUT2D eigenvalue weighted by Gasteiger charge is 2.34. The third kappa shape index (κ3) is 37.4. The zero-order valence-electron chi connectivity index (χ0n) is 29.9. The fraction of sp³-hybridized carbons (Fsp3) is 0.824. The highest BCUT2D eigenvalue weighted by atomic mass is 79.9. The maximum Gasteiger partial charge on any atom is 0.320 e. The van der Waals surface area contributed by atoms with Gasteiger partial charge in [0.25, 0.3) is 0 Å². The van der Waals surface area contributed by atoms with Gasteiger partial charge in [-0.3, -0.25) is 19.2 Å². The van der Waals surface area contributed by atoms with Crippen LogP contribution in [0.2, 0.25) is 0 Å². The Morgan fingerprint density at radius 2 is 0.889 bits per heavy atom. The zero-order valence-corrected chi connectivity index (χ0v) is 31.5. The third-order valence-corrected chi connectivity index (χ3v) is 5.28. The lowest BCUT2D eigenvalue weighted by Gasteiger charge is -2.26. The molecule has 0 fully saturated rings. The van der Waals surface area contributed by atoms with E-state index in [1.807, 2.05) is 0 Å². The van der Waals surface area contributed by atoms with Crippen molar-refractivity contribution >= 4 is 39.8 Å². The molecule has 0 heterocycles. The monoisotopic (exact) mass is 702 g/mol. The summed E-state index contributed by atoms with van der Waals surface area (Å²) in [5.74, 6) is -3.10. The molecule has 0 aromatic carbocycles. The third-order valence-electron chi connectivity index (χ3n) is 4.71. The van der Waals surface area contributed by atoms with Crippen molar-refractivity contribution in [1.82, 2.24) is 0 Å². The summed E-state index contributed by atoms with van der Waals surface area (Å²) < 4.78 is 20.6. The summed E-state index contributed by atoms with van der Waals surface area (Å²) >= 11 is 3.32. The molecule has 0 aliphatic carbocycles. The van der Waals surface area contributed by atoms with Crippen molar-refractivity contribution in [3.8, 4) is 12.1 Å². The first-order chi connectivity index (χ1) is 20.4. The first-order valence-corrected chi connectivity index (χ1v) is 16.7. The van der Waals surface area contributed by atoms with Crippen LogP contribution in [-0.2, 0) is 38.1 Å². The lowest BCUT2D eigenvalue weighted by Crippen LogP contribution is -2.36. The first kappa shape index (κ1) is 46.8. The van der Waals surface area contributed by atoms with E-state index in [1.165, 1.54) is 12.8 Å². The summed E-state index contributed by atoms with van der Waals surface area (Å²) in [6, 6.07) is 4.19. The van der Waals surface area contributed by atoms with E-state index < -0.39 is 52.2 Å². The number of nitrogens with zero attached hydrogens (tertiary/aromatic N) is 2. The second-order valence-electron chi connectivity index (χ2n) is 14.4. The fourth-order valence-electron chi connectivity index (χ4n) is 3.16. The molecule has 0 spiro atoms. The van der Waals surface area contributed by atoms with Gasteiger partial charge in [0.05, 0.1) is 12.1 Å². The minimum atomic E-state index is -0.902. The Labute approximate surface area is 281 Å². The number of carbonyl (C=O) groups excluding carboxylic acids is 4. The van der Waals surface area contributed by atoms with Gasteiger partial charge >= 0.3 is 23.9 Å². The Balaban J connectivity index is -0.000000659. The molecule has 0 amide bonds. The second-order valence-corrected chi connectivity index (χ2v) is 15.2. The Morgan fingerprint density at radius 3 is 1.18 bits per heavy atom. The van der Waals surface area contributed by atoms with E-state index >= 15 is 0 Å². The molecule has 45 heavy (non-hydrogen) atoms. The average Bonchev–Trinajstić information content (AvgIpc) is 2.80. The molecule has 0 aliphatic heterocycles. The standard InChI is InChI=1S/C17H29NO4.C11H20O4.C6H10BrN/c1-16(2,3)21-14(19)13(11-9-7-8-10-12-18)15(20)22-17(4,5)6;1-10(2,3)14-8(12)7-9(13)15-11(4,5)6;7-5-3-1-2-4-6-8/h13H,7-11H2,1-6H3;7H2,1-6H3;1-5H2. The van der Waals surface area contributed by atoms with E-state index in [4.69, 9.17) is 29.5 Å².